The van der Waals surface area contributed by atoms with Crippen molar-refractivity contribution in [3.05, 3.63) is 10.1 Å². The first-order valence-corrected chi connectivity index (χ1v) is 3.92. The number of amidine groups is 1. The number of nitro groups is 1. The fourth-order valence-corrected chi connectivity index (χ4v) is 1.08. The Morgan fingerprint density at radius 1 is 1.75 bits per heavy atom. The standard InChI is InChI=1S/C4H2Cl3N3O2/c5-2-4(7,10(11)12)1-8-3(6)9-2/h1-2H. The fourth-order valence-electron chi connectivity index (χ4n) is 0.557. The molecule has 0 saturated heterocycles. The Balaban J connectivity index is 2.99. The predicted molar refractivity (Wildman–Crippen MR) is 47.0 cm³/mol. The summed E-state index contributed by atoms with van der Waals surface area (Å²) in [5.41, 5.74) is -1.24. The molecule has 0 aromatic heterocycles. The van der Waals surface area contributed by atoms with Crippen LogP contribution in [0, 0.1) is 10.1 Å². The molecule has 2 atom stereocenters. The van der Waals surface area contributed by atoms with Crippen LogP contribution in [0.4, 0.5) is 0 Å². The van der Waals surface area contributed by atoms with E-state index in [1.165, 1.54) is 0 Å². The first-order valence-electron chi connectivity index (χ1n) is 2.73. The highest BCUT2D eigenvalue weighted by atomic mass is 35.5. The van der Waals surface area contributed by atoms with Crippen molar-refractivity contribution in [1.82, 2.24) is 0 Å². The van der Waals surface area contributed by atoms with E-state index in [1.807, 2.05) is 0 Å². The summed E-state index contributed by atoms with van der Waals surface area (Å²) in [7, 11) is 0. The molecular weight excluding hydrogens is 228 g/mol. The lowest BCUT2D eigenvalue weighted by Gasteiger charge is -2.18. The van der Waals surface area contributed by atoms with Gasteiger partial charge < -0.3 is 0 Å². The maximum atomic E-state index is 10.4. The normalized spacial score (nSPS) is 34.6. The zero-order valence-corrected chi connectivity index (χ0v) is 7.71. The Labute approximate surface area is 82.2 Å². The monoisotopic (exact) mass is 229 g/mol. The molecule has 0 aromatic rings. The van der Waals surface area contributed by atoms with Gasteiger partial charge in [0.05, 0.1) is 4.92 Å². The van der Waals surface area contributed by atoms with Gasteiger partial charge in [-0.2, -0.15) is 0 Å². The summed E-state index contributed by atoms with van der Waals surface area (Å²) in [6, 6.07) is 0. The smallest absolute Gasteiger partial charge is 0.262 e. The lowest BCUT2D eigenvalue weighted by Crippen LogP contribution is -2.44. The van der Waals surface area contributed by atoms with Crippen molar-refractivity contribution in [3.63, 3.8) is 0 Å². The van der Waals surface area contributed by atoms with E-state index >= 15 is 0 Å². The quantitative estimate of drug-likeness (QED) is 0.296. The van der Waals surface area contributed by atoms with Crippen molar-refractivity contribution in [2.24, 2.45) is 9.98 Å². The zero-order chi connectivity index (χ0) is 9.35. The summed E-state index contributed by atoms with van der Waals surface area (Å²) in [4.78, 5) is 14.4. The topological polar surface area (TPSA) is 67.9 Å². The van der Waals surface area contributed by atoms with E-state index in [9.17, 15) is 10.1 Å². The third-order valence-electron chi connectivity index (χ3n) is 1.19. The van der Waals surface area contributed by atoms with Gasteiger partial charge >= 0.3 is 5.00 Å². The SMILES string of the molecule is O=[N+]([O-])C1(Cl)C=NC(Cl)=NC1Cl. The van der Waals surface area contributed by atoms with Crippen LogP contribution in [0.2, 0.25) is 0 Å². The molecule has 66 valence electrons. The van der Waals surface area contributed by atoms with Crippen molar-refractivity contribution >= 4 is 46.3 Å². The summed E-state index contributed by atoms with van der Waals surface area (Å²) in [5.74, 6) is 0. The number of hydrogen-bond acceptors (Lipinski definition) is 4. The van der Waals surface area contributed by atoms with Crippen LogP contribution in [-0.4, -0.2) is 26.9 Å². The maximum Gasteiger partial charge on any atom is 0.366 e. The minimum Gasteiger partial charge on any atom is -0.262 e. The van der Waals surface area contributed by atoms with Gasteiger partial charge in [-0.25, -0.2) is 9.98 Å². The molecule has 1 heterocycles. The summed E-state index contributed by atoms with van der Waals surface area (Å²) >= 11 is 16.3. The van der Waals surface area contributed by atoms with Crippen molar-refractivity contribution in [2.75, 3.05) is 0 Å². The van der Waals surface area contributed by atoms with E-state index in [0.29, 0.717) is 0 Å². The van der Waals surface area contributed by atoms with Gasteiger partial charge in [-0.15, -0.1) is 0 Å². The molecule has 0 amide bonds. The summed E-state index contributed by atoms with van der Waals surface area (Å²) < 4.78 is 0. The van der Waals surface area contributed by atoms with E-state index < -0.39 is 15.4 Å². The van der Waals surface area contributed by atoms with Crippen molar-refractivity contribution < 1.29 is 4.92 Å². The first kappa shape index (κ1) is 9.70. The number of rotatable bonds is 1. The number of aliphatic imine (C=N–C) groups is 2. The third-order valence-corrected chi connectivity index (χ3v) is 2.37. The zero-order valence-electron chi connectivity index (χ0n) is 5.45. The van der Waals surface area contributed by atoms with Crippen LogP contribution >= 0.6 is 34.8 Å². The number of nitrogens with zero attached hydrogens (tertiary/aromatic N) is 3. The van der Waals surface area contributed by atoms with Gasteiger partial charge in [0.2, 0.25) is 10.8 Å². The van der Waals surface area contributed by atoms with Crippen LogP contribution < -0.4 is 0 Å². The van der Waals surface area contributed by atoms with E-state index in [4.69, 9.17) is 34.8 Å². The number of alkyl halides is 2. The molecule has 12 heavy (non-hydrogen) atoms. The average molecular weight is 230 g/mol. The van der Waals surface area contributed by atoms with Crippen molar-refractivity contribution in [1.29, 1.82) is 0 Å². The second-order valence-electron chi connectivity index (χ2n) is 1.98. The summed E-state index contributed by atoms with van der Waals surface area (Å²) in [6.45, 7) is 0. The van der Waals surface area contributed by atoms with Crippen LogP contribution in [0.15, 0.2) is 9.98 Å². The highest BCUT2D eigenvalue weighted by molar-refractivity contribution is 6.66. The molecule has 0 aromatic carbocycles. The van der Waals surface area contributed by atoms with Gasteiger partial charge in [0.1, 0.15) is 6.21 Å². The molecule has 1 aliphatic rings. The molecule has 8 heteroatoms. The number of hydrogen-bond donors (Lipinski definition) is 0. The van der Waals surface area contributed by atoms with Gasteiger partial charge in [0.25, 0.3) is 0 Å². The Morgan fingerprint density at radius 3 is 2.75 bits per heavy atom. The Morgan fingerprint density at radius 2 is 2.33 bits per heavy atom. The molecule has 0 N–H and O–H groups in total. The molecule has 0 spiro atoms. The van der Waals surface area contributed by atoms with Gasteiger partial charge in [0, 0.05) is 0 Å². The highest BCUT2D eigenvalue weighted by Crippen LogP contribution is 2.27. The van der Waals surface area contributed by atoms with Gasteiger partial charge in [-0.1, -0.05) is 11.6 Å². The van der Waals surface area contributed by atoms with Crippen LogP contribution in [0.5, 0.6) is 0 Å². The molecule has 2 unspecified atom stereocenters. The molecule has 1 aliphatic heterocycles. The van der Waals surface area contributed by atoms with Crippen LogP contribution in [-0.2, 0) is 0 Å². The fraction of sp³-hybridized carbons (Fsp3) is 0.500. The van der Waals surface area contributed by atoms with Crippen LogP contribution in [0.3, 0.4) is 0 Å². The average Bonchev–Trinajstić information content (AvgIpc) is 1.97. The molecule has 0 aliphatic carbocycles. The number of halogens is 3. The van der Waals surface area contributed by atoms with Gasteiger partial charge in [0.15, 0.2) is 0 Å². The minimum absolute atomic E-state index is 0.145. The molecule has 0 saturated carbocycles. The lowest BCUT2D eigenvalue weighted by atomic mass is 10.3. The van der Waals surface area contributed by atoms with Crippen LogP contribution in [0.25, 0.3) is 0 Å². The Bertz CT molecular complexity index is 279. The predicted octanol–water partition coefficient (Wildman–Crippen LogP) is 1.44. The van der Waals surface area contributed by atoms with E-state index in [-0.39, 0.29) is 5.29 Å². The maximum absolute atomic E-state index is 10.4. The summed E-state index contributed by atoms with van der Waals surface area (Å²) in [6.07, 6.45) is 0.863. The van der Waals surface area contributed by atoms with E-state index in [0.717, 1.165) is 6.21 Å². The first-order chi connectivity index (χ1) is 5.47. The molecule has 0 bridgehead atoms. The highest BCUT2D eigenvalue weighted by Gasteiger charge is 2.49. The molecule has 0 radical (unpaired) electrons. The molecule has 5 nitrogen and oxygen atoms in total. The molecular formula is C4H2Cl3N3O2. The second-order valence-corrected chi connectivity index (χ2v) is 3.33. The van der Waals surface area contributed by atoms with Crippen molar-refractivity contribution in [2.45, 2.75) is 10.5 Å². The van der Waals surface area contributed by atoms with Crippen molar-refractivity contribution in [3.8, 4) is 0 Å². The third kappa shape index (κ3) is 1.53. The Kier molecular flexibility index (Phi) is 2.55. The molecule has 1 rings (SSSR count). The second kappa shape index (κ2) is 3.16. The minimum atomic E-state index is -1.99. The van der Waals surface area contributed by atoms with Crippen LogP contribution in [0.1, 0.15) is 0 Å². The van der Waals surface area contributed by atoms with Gasteiger partial charge in [-0.3, -0.25) is 10.1 Å². The lowest BCUT2D eigenvalue weighted by molar-refractivity contribution is -0.519. The Hall–Kier alpha value is -0.390. The van der Waals surface area contributed by atoms with E-state index in [2.05, 4.69) is 9.98 Å². The summed E-state index contributed by atoms with van der Waals surface area (Å²) in [5, 5.41) is 10.2. The molecule has 0 fully saturated rings. The largest absolute Gasteiger partial charge is 0.366 e. The van der Waals surface area contributed by atoms with E-state index in [1.54, 1.807) is 0 Å². The van der Waals surface area contributed by atoms with Gasteiger partial charge in [-0.05, 0) is 23.2 Å².